The van der Waals surface area contributed by atoms with Gasteiger partial charge in [0.1, 0.15) is 0 Å². The second-order valence-corrected chi connectivity index (χ2v) is 10.4. The van der Waals surface area contributed by atoms with Crippen LogP contribution in [0.5, 0.6) is 0 Å². The summed E-state index contributed by atoms with van der Waals surface area (Å²) in [6, 6.07) is 19.0. The highest BCUT2D eigenvalue weighted by molar-refractivity contribution is 9.11. The van der Waals surface area contributed by atoms with E-state index >= 15 is 0 Å². The predicted molar refractivity (Wildman–Crippen MR) is 150 cm³/mol. The minimum Gasteiger partial charge on any atom is -0.478 e. The maximum atomic E-state index is 11.2. The van der Waals surface area contributed by atoms with Crippen LogP contribution < -0.4 is 5.46 Å². The smallest absolute Gasteiger partial charge is 0.478 e. The number of Topliss-reactive ketones (excluding diaryl/α,β-unsaturated/α-hetero) is 2. The quantitative estimate of drug-likeness (QED) is 0.214. The second kappa shape index (κ2) is 17.1. The van der Waals surface area contributed by atoms with E-state index in [1.165, 1.54) is 29.6 Å². The van der Waals surface area contributed by atoms with Gasteiger partial charge in [0, 0.05) is 26.8 Å². The summed E-state index contributed by atoms with van der Waals surface area (Å²) in [4.78, 5) is 49.8. The van der Waals surface area contributed by atoms with Crippen molar-refractivity contribution in [1.29, 1.82) is 0 Å². The molecule has 0 aliphatic carbocycles. The molecule has 38 heavy (non-hydrogen) atoms. The lowest BCUT2D eigenvalue weighted by Crippen LogP contribution is -2.29. The standard InChI is InChI=1S/C13H10O3S.C6H7BO2.C6H5BrOS.CO2/c1-8(14)11-6-12(17-7-11)9-3-2-4-10(5-9)13(15)16;8-7(9)6-4-2-1-3-5-6;1-4(8)5-2-6(7)9-3-5;2-1-3/h2-7H,1H3,(H,15,16);1-5,8-9H;2-3H,1H3;. The number of ketones is 2. The molecule has 2 aromatic heterocycles. The van der Waals surface area contributed by atoms with Gasteiger partial charge in [0.25, 0.3) is 0 Å². The Kier molecular flexibility index (Phi) is 14.6. The Morgan fingerprint density at radius 1 is 0.789 bits per heavy atom. The summed E-state index contributed by atoms with van der Waals surface area (Å²) < 4.78 is 1.01. The Balaban J connectivity index is 0.000000292. The fourth-order valence-corrected chi connectivity index (χ4v) is 4.74. The average Bonchev–Trinajstić information content (AvgIpc) is 3.56. The summed E-state index contributed by atoms with van der Waals surface area (Å²) in [5.41, 5.74) is 3.04. The molecule has 0 saturated carbocycles. The molecule has 0 radical (unpaired) electrons. The molecule has 12 heteroatoms. The monoisotopic (exact) mass is 616 g/mol. The van der Waals surface area contributed by atoms with Gasteiger partial charge in [-0.05, 0) is 65.1 Å². The molecule has 8 nitrogen and oxygen atoms in total. The molecule has 3 N–H and O–H groups in total. The van der Waals surface area contributed by atoms with E-state index in [1.54, 1.807) is 60.8 Å². The van der Waals surface area contributed by atoms with Crippen molar-refractivity contribution >= 4 is 74.9 Å². The van der Waals surface area contributed by atoms with E-state index in [9.17, 15) is 14.4 Å². The molecule has 0 amide bonds. The van der Waals surface area contributed by atoms with E-state index in [1.807, 2.05) is 23.6 Å². The van der Waals surface area contributed by atoms with Crippen molar-refractivity contribution < 1.29 is 39.1 Å². The Morgan fingerprint density at radius 2 is 1.34 bits per heavy atom. The SMILES string of the molecule is CC(=O)c1csc(-c2cccc(C(=O)O)c2)c1.CC(=O)c1csc(Br)c1.O=C=O.OB(O)c1ccccc1. The van der Waals surface area contributed by atoms with Crippen molar-refractivity contribution in [3.8, 4) is 10.4 Å². The van der Waals surface area contributed by atoms with Gasteiger partial charge >= 0.3 is 19.2 Å². The van der Waals surface area contributed by atoms with Crippen LogP contribution in [-0.4, -0.2) is 46.0 Å². The number of thiophene rings is 2. The number of carboxylic acid groups (broad SMARTS) is 1. The number of benzene rings is 2. The van der Waals surface area contributed by atoms with E-state index in [4.69, 9.17) is 24.7 Å². The Labute approximate surface area is 235 Å². The summed E-state index contributed by atoms with van der Waals surface area (Å²) in [6.07, 6.45) is 0.250. The number of aromatic carboxylic acids is 1. The molecule has 0 unspecified atom stereocenters. The van der Waals surface area contributed by atoms with Gasteiger partial charge < -0.3 is 15.2 Å². The first-order chi connectivity index (χ1) is 18.0. The molecule has 0 aliphatic heterocycles. The molecule has 0 saturated heterocycles. The molecule has 2 aromatic carbocycles. The first kappa shape index (κ1) is 32.5. The van der Waals surface area contributed by atoms with Crippen LogP contribution in [0.3, 0.4) is 0 Å². The molecule has 4 rings (SSSR count). The number of carboxylic acids is 1. The molecular weight excluding hydrogens is 595 g/mol. The number of hydrogen-bond acceptors (Lipinski definition) is 9. The van der Waals surface area contributed by atoms with Crippen molar-refractivity contribution in [1.82, 2.24) is 0 Å². The van der Waals surface area contributed by atoms with Crippen molar-refractivity contribution in [2.45, 2.75) is 13.8 Å². The van der Waals surface area contributed by atoms with Gasteiger partial charge in [-0.2, -0.15) is 9.59 Å². The van der Waals surface area contributed by atoms with Gasteiger partial charge in [0.05, 0.1) is 9.35 Å². The zero-order valence-corrected chi connectivity index (χ0v) is 23.4. The zero-order chi connectivity index (χ0) is 28.7. The third-order valence-electron chi connectivity index (χ3n) is 4.47. The van der Waals surface area contributed by atoms with Gasteiger partial charge in [0.2, 0.25) is 0 Å². The van der Waals surface area contributed by atoms with Crippen LogP contribution >= 0.6 is 38.6 Å². The molecule has 0 spiro atoms. The first-order valence-corrected chi connectivity index (χ1v) is 13.1. The largest absolute Gasteiger partial charge is 0.488 e. The van der Waals surface area contributed by atoms with E-state index in [-0.39, 0.29) is 23.3 Å². The van der Waals surface area contributed by atoms with Gasteiger partial charge in [-0.15, -0.1) is 22.7 Å². The lowest BCUT2D eigenvalue weighted by Gasteiger charge is -1.99. The molecule has 196 valence electrons. The van der Waals surface area contributed by atoms with Crippen LogP contribution in [0.4, 0.5) is 0 Å². The second-order valence-electron chi connectivity index (χ2n) is 7.21. The van der Waals surface area contributed by atoms with E-state index in [0.29, 0.717) is 11.0 Å². The summed E-state index contributed by atoms with van der Waals surface area (Å²) >= 11 is 6.23. The average molecular weight is 617 g/mol. The van der Waals surface area contributed by atoms with Gasteiger partial charge in [-0.3, -0.25) is 9.59 Å². The summed E-state index contributed by atoms with van der Waals surface area (Å²) in [6.45, 7) is 3.08. The molecule has 0 aliphatic rings. The zero-order valence-electron chi connectivity index (χ0n) is 20.2. The normalized spacial score (nSPS) is 9.18. The number of halogens is 1. The van der Waals surface area contributed by atoms with Crippen LogP contribution in [0.1, 0.15) is 44.9 Å². The molecule has 2 heterocycles. The van der Waals surface area contributed by atoms with Crippen LogP contribution in [0.25, 0.3) is 10.4 Å². The van der Waals surface area contributed by atoms with Crippen LogP contribution in [0.2, 0.25) is 0 Å². The Morgan fingerprint density at radius 3 is 1.74 bits per heavy atom. The lowest BCUT2D eigenvalue weighted by atomic mass is 9.81. The van der Waals surface area contributed by atoms with Crippen molar-refractivity contribution in [3.63, 3.8) is 0 Å². The van der Waals surface area contributed by atoms with Crippen molar-refractivity contribution in [3.05, 3.63) is 98.0 Å². The number of carbonyl (C=O) groups is 3. The molecule has 0 fully saturated rings. The van der Waals surface area contributed by atoms with Crippen molar-refractivity contribution in [2.24, 2.45) is 0 Å². The minimum atomic E-state index is -1.34. The number of hydrogen-bond donors (Lipinski definition) is 3. The van der Waals surface area contributed by atoms with E-state index < -0.39 is 13.1 Å². The van der Waals surface area contributed by atoms with Gasteiger partial charge in [-0.1, -0.05) is 42.5 Å². The fraction of sp³-hybridized carbons (Fsp3) is 0.0769. The third kappa shape index (κ3) is 11.7. The fourth-order valence-electron chi connectivity index (χ4n) is 2.60. The molecule has 0 atom stereocenters. The summed E-state index contributed by atoms with van der Waals surface area (Å²) in [7, 11) is -1.34. The topological polar surface area (TPSA) is 146 Å². The van der Waals surface area contributed by atoms with Crippen LogP contribution in [-0.2, 0) is 9.59 Å². The Hall–Kier alpha value is -3.51. The predicted octanol–water partition coefficient (Wildman–Crippen LogP) is 4.81. The maximum absolute atomic E-state index is 11.2. The van der Waals surface area contributed by atoms with E-state index in [0.717, 1.165) is 19.8 Å². The molecular formula is C26H22BBrO8S2. The van der Waals surface area contributed by atoms with Crippen LogP contribution in [0.15, 0.2) is 81.3 Å². The number of rotatable bonds is 5. The third-order valence-corrected chi connectivity index (χ3v) is 6.96. The summed E-state index contributed by atoms with van der Waals surface area (Å²) in [5.74, 6) is -0.811. The maximum Gasteiger partial charge on any atom is 0.488 e. The first-order valence-electron chi connectivity index (χ1n) is 10.6. The van der Waals surface area contributed by atoms with E-state index in [2.05, 4.69) is 15.9 Å². The summed E-state index contributed by atoms with van der Waals surface area (Å²) in [5, 5.41) is 29.7. The van der Waals surface area contributed by atoms with Gasteiger partial charge in [-0.25, -0.2) is 4.79 Å². The van der Waals surface area contributed by atoms with Crippen molar-refractivity contribution in [2.75, 3.05) is 0 Å². The highest BCUT2D eigenvalue weighted by Gasteiger charge is 2.09. The molecule has 4 aromatic rings. The Bertz CT molecular complexity index is 1380. The highest BCUT2D eigenvalue weighted by Crippen LogP contribution is 2.28. The van der Waals surface area contributed by atoms with Crippen LogP contribution in [0, 0.1) is 0 Å². The number of carbonyl (C=O) groups excluding carboxylic acids is 4. The molecule has 0 bridgehead atoms. The lowest BCUT2D eigenvalue weighted by molar-refractivity contribution is -0.191. The van der Waals surface area contributed by atoms with Gasteiger partial charge in [0.15, 0.2) is 11.6 Å². The highest BCUT2D eigenvalue weighted by atomic mass is 79.9. The minimum absolute atomic E-state index is 0.0156.